The molecular weight excluding hydrogens is 268 g/mol. The minimum absolute atomic E-state index is 0.0297. The van der Waals surface area contributed by atoms with E-state index in [2.05, 4.69) is 18.9 Å². The molecule has 21 heavy (non-hydrogen) atoms. The lowest BCUT2D eigenvalue weighted by molar-refractivity contribution is -0.156. The van der Waals surface area contributed by atoms with Gasteiger partial charge in [-0.2, -0.15) is 0 Å². The quantitative estimate of drug-likeness (QED) is 0.865. The Balaban J connectivity index is 2.06. The van der Waals surface area contributed by atoms with Crippen LogP contribution in [0.4, 0.5) is 0 Å². The van der Waals surface area contributed by atoms with E-state index in [4.69, 9.17) is 0 Å². The Bertz CT molecular complexity index is 391. The zero-order valence-electron chi connectivity index (χ0n) is 13.3. The number of carbonyl (C=O) groups excluding carboxylic acids is 1. The summed E-state index contributed by atoms with van der Waals surface area (Å²) in [7, 11) is 2.07. The van der Waals surface area contributed by atoms with E-state index in [-0.39, 0.29) is 18.4 Å². The van der Waals surface area contributed by atoms with Gasteiger partial charge in [-0.3, -0.25) is 9.59 Å². The third-order valence-electron chi connectivity index (χ3n) is 5.12. The van der Waals surface area contributed by atoms with E-state index in [0.29, 0.717) is 12.8 Å². The monoisotopic (exact) mass is 296 g/mol. The van der Waals surface area contributed by atoms with Crippen molar-refractivity contribution < 1.29 is 14.7 Å². The first kappa shape index (κ1) is 16.3. The Kier molecular flexibility index (Phi) is 5.25. The lowest BCUT2D eigenvalue weighted by Crippen LogP contribution is -2.46. The SMILES string of the molecule is CC1CN(C)CCCN1C(=O)CC1(C(=O)O)CCCCC1. The van der Waals surface area contributed by atoms with Crippen molar-refractivity contribution in [3.63, 3.8) is 0 Å². The summed E-state index contributed by atoms with van der Waals surface area (Å²) in [5.41, 5.74) is -0.812. The van der Waals surface area contributed by atoms with Gasteiger partial charge in [0.2, 0.25) is 5.91 Å². The van der Waals surface area contributed by atoms with Gasteiger partial charge in [0.25, 0.3) is 0 Å². The van der Waals surface area contributed by atoms with Crippen molar-refractivity contribution in [3.05, 3.63) is 0 Å². The molecule has 1 unspecified atom stereocenters. The predicted molar refractivity (Wildman–Crippen MR) is 81.1 cm³/mol. The second-order valence-electron chi connectivity index (χ2n) is 6.87. The molecule has 2 rings (SSSR count). The normalized spacial score (nSPS) is 27.1. The second kappa shape index (κ2) is 6.77. The molecule has 0 aromatic heterocycles. The highest BCUT2D eigenvalue weighted by Crippen LogP contribution is 2.40. The Morgan fingerprint density at radius 2 is 1.81 bits per heavy atom. The highest BCUT2D eigenvalue weighted by atomic mass is 16.4. The summed E-state index contributed by atoms with van der Waals surface area (Å²) >= 11 is 0. The van der Waals surface area contributed by atoms with E-state index < -0.39 is 11.4 Å². The molecule has 1 N–H and O–H groups in total. The number of hydrogen-bond donors (Lipinski definition) is 1. The van der Waals surface area contributed by atoms with Crippen LogP contribution in [-0.4, -0.2) is 59.5 Å². The van der Waals surface area contributed by atoms with Gasteiger partial charge in [-0.05, 0) is 39.8 Å². The van der Waals surface area contributed by atoms with Gasteiger partial charge in [0.05, 0.1) is 5.41 Å². The molecular formula is C16H28N2O3. The third kappa shape index (κ3) is 3.76. The highest BCUT2D eigenvalue weighted by molar-refractivity contribution is 5.85. The summed E-state index contributed by atoms with van der Waals surface area (Å²) in [5.74, 6) is -0.753. The summed E-state index contributed by atoms with van der Waals surface area (Å²) in [4.78, 5) is 28.6. The minimum atomic E-state index is -0.812. The van der Waals surface area contributed by atoms with Crippen LogP contribution in [0.5, 0.6) is 0 Å². The van der Waals surface area contributed by atoms with Gasteiger partial charge >= 0.3 is 5.97 Å². The molecule has 1 saturated heterocycles. The molecule has 1 atom stereocenters. The van der Waals surface area contributed by atoms with Gasteiger partial charge < -0.3 is 14.9 Å². The summed E-state index contributed by atoms with van der Waals surface area (Å²) < 4.78 is 0. The molecule has 2 fully saturated rings. The van der Waals surface area contributed by atoms with Gasteiger partial charge in [-0.1, -0.05) is 19.3 Å². The third-order valence-corrected chi connectivity index (χ3v) is 5.12. The van der Waals surface area contributed by atoms with E-state index in [1.54, 1.807) is 0 Å². The zero-order valence-corrected chi connectivity index (χ0v) is 13.3. The van der Waals surface area contributed by atoms with Gasteiger partial charge in [0.15, 0.2) is 0 Å². The maximum atomic E-state index is 12.7. The van der Waals surface area contributed by atoms with E-state index in [1.807, 2.05) is 4.90 Å². The summed E-state index contributed by atoms with van der Waals surface area (Å²) in [6.07, 6.45) is 5.39. The number of amides is 1. The van der Waals surface area contributed by atoms with E-state index in [9.17, 15) is 14.7 Å². The molecule has 120 valence electrons. The fourth-order valence-corrected chi connectivity index (χ4v) is 3.83. The van der Waals surface area contributed by atoms with Gasteiger partial charge in [-0.25, -0.2) is 0 Å². The van der Waals surface area contributed by atoms with Crippen LogP contribution in [0.3, 0.4) is 0 Å². The highest BCUT2D eigenvalue weighted by Gasteiger charge is 2.42. The Morgan fingerprint density at radius 1 is 1.14 bits per heavy atom. The molecule has 5 heteroatoms. The van der Waals surface area contributed by atoms with Crippen LogP contribution in [0.25, 0.3) is 0 Å². The first-order valence-corrected chi connectivity index (χ1v) is 8.16. The molecule has 0 spiro atoms. The number of carbonyl (C=O) groups is 2. The predicted octanol–water partition coefficient (Wildman–Crippen LogP) is 1.96. The van der Waals surface area contributed by atoms with Crippen molar-refractivity contribution in [3.8, 4) is 0 Å². The van der Waals surface area contributed by atoms with Crippen molar-refractivity contribution >= 4 is 11.9 Å². The average molecular weight is 296 g/mol. The van der Waals surface area contributed by atoms with Crippen LogP contribution in [0, 0.1) is 5.41 Å². The largest absolute Gasteiger partial charge is 0.481 e. The van der Waals surface area contributed by atoms with Crippen molar-refractivity contribution in [1.29, 1.82) is 0 Å². The number of rotatable bonds is 3. The average Bonchev–Trinajstić information content (AvgIpc) is 2.60. The van der Waals surface area contributed by atoms with Gasteiger partial charge in [0, 0.05) is 25.6 Å². The molecule has 5 nitrogen and oxygen atoms in total. The Labute approximate surface area is 127 Å². The van der Waals surface area contributed by atoms with Crippen molar-refractivity contribution in [2.45, 2.75) is 57.9 Å². The van der Waals surface area contributed by atoms with Crippen LogP contribution >= 0.6 is 0 Å². The van der Waals surface area contributed by atoms with Crippen molar-refractivity contribution in [1.82, 2.24) is 9.80 Å². The van der Waals surface area contributed by atoms with Gasteiger partial charge in [-0.15, -0.1) is 0 Å². The molecule has 1 aliphatic carbocycles. The van der Waals surface area contributed by atoms with E-state index >= 15 is 0 Å². The maximum Gasteiger partial charge on any atom is 0.310 e. The first-order chi connectivity index (χ1) is 9.94. The fourth-order valence-electron chi connectivity index (χ4n) is 3.83. The standard InChI is InChI=1S/C16H28N2O3/c1-13-12-17(2)9-6-10-18(13)14(19)11-16(15(20)21)7-4-3-5-8-16/h13H,3-12H2,1-2H3,(H,20,21). The molecule has 1 amide bonds. The molecule has 0 aromatic carbocycles. The number of carboxylic acid groups (broad SMARTS) is 1. The maximum absolute atomic E-state index is 12.7. The first-order valence-electron chi connectivity index (χ1n) is 8.16. The zero-order chi connectivity index (χ0) is 15.5. The fraction of sp³-hybridized carbons (Fsp3) is 0.875. The molecule has 1 saturated carbocycles. The van der Waals surface area contributed by atoms with E-state index in [1.165, 1.54) is 0 Å². The van der Waals surface area contributed by atoms with Crippen LogP contribution in [0.15, 0.2) is 0 Å². The van der Waals surface area contributed by atoms with E-state index in [0.717, 1.165) is 45.3 Å². The number of carboxylic acids is 1. The number of nitrogens with zero attached hydrogens (tertiary/aromatic N) is 2. The lowest BCUT2D eigenvalue weighted by Gasteiger charge is -2.36. The second-order valence-corrected chi connectivity index (χ2v) is 6.87. The van der Waals surface area contributed by atoms with Crippen molar-refractivity contribution in [2.24, 2.45) is 5.41 Å². The van der Waals surface area contributed by atoms with Crippen LogP contribution in [0.2, 0.25) is 0 Å². The topological polar surface area (TPSA) is 60.9 Å². The molecule has 2 aliphatic rings. The summed E-state index contributed by atoms with van der Waals surface area (Å²) in [6, 6.07) is 0.166. The Hall–Kier alpha value is -1.10. The minimum Gasteiger partial charge on any atom is -0.481 e. The lowest BCUT2D eigenvalue weighted by atomic mass is 9.71. The molecule has 0 radical (unpaired) electrons. The molecule has 0 aromatic rings. The van der Waals surface area contributed by atoms with Crippen LogP contribution in [-0.2, 0) is 9.59 Å². The number of hydrogen-bond acceptors (Lipinski definition) is 3. The molecule has 1 aliphatic heterocycles. The Morgan fingerprint density at radius 3 is 2.43 bits per heavy atom. The summed E-state index contributed by atoms with van der Waals surface area (Å²) in [6.45, 7) is 4.68. The number of likely N-dealkylation sites (N-methyl/N-ethyl adjacent to an activating group) is 1. The molecule has 0 bridgehead atoms. The number of aliphatic carboxylic acids is 1. The molecule has 1 heterocycles. The smallest absolute Gasteiger partial charge is 0.310 e. The van der Waals surface area contributed by atoms with Crippen LogP contribution < -0.4 is 0 Å². The van der Waals surface area contributed by atoms with Gasteiger partial charge in [0.1, 0.15) is 0 Å². The summed E-state index contributed by atoms with van der Waals surface area (Å²) in [5, 5.41) is 9.62. The van der Waals surface area contributed by atoms with Crippen LogP contribution in [0.1, 0.15) is 51.9 Å². The van der Waals surface area contributed by atoms with Crippen molar-refractivity contribution in [2.75, 3.05) is 26.7 Å².